The van der Waals surface area contributed by atoms with Crippen molar-refractivity contribution in [3.05, 3.63) is 84.8 Å². The Hall–Kier alpha value is -3.84. The highest BCUT2D eigenvalue weighted by Crippen LogP contribution is 2.22. The Labute approximate surface area is 199 Å². The highest BCUT2D eigenvalue weighted by Gasteiger charge is 2.20. The zero-order valence-corrected chi connectivity index (χ0v) is 19.1. The molecule has 0 saturated heterocycles. The second-order valence-electron chi connectivity index (χ2n) is 8.27. The van der Waals surface area contributed by atoms with E-state index in [9.17, 15) is 4.79 Å². The summed E-state index contributed by atoms with van der Waals surface area (Å²) in [5, 5.41) is 19.9. The van der Waals surface area contributed by atoms with Crippen LogP contribution in [-0.4, -0.2) is 40.2 Å². The number of rotatable bonds is 12. The van der Waals surface area contributed by atoms with E-state index in [1.54, 1.807) is 12.4 Å². The van der Waals surface area contributed by atoms with Crippen LogP contribution in [0.2, 0.25) is 0 Å². The minimum Gasteiger partial charge on any atom is -0.396 e. The monoisotopic (exact) mass is 457 g/mol. The Bertz CT molecular complexity index is 1170. The molecule has 0 aliphatic rings. The van der Waals surface area contributed by atoms with E-state index in [2.05, 4.69) is 32.0 Å². The van der Waals surface area contributed by atoms with Crippen LogP contribution in [0.1, 0.15) is 24.8 Å². The van der Waals surface area contributed by atoms with Crippen molar-refractivity contribution in [2.24, 2.45) is 0 Å². The molecule has 2 aromatic heterocycles. The molecule has 0 spiro atoms. The van der Waals surface area contributed by atoms with Crippen LogP contribution >= 0.6 is 0 Å². The Balaban J connectivity index is 1.45. The average molecular weight is 458 g/mol. The van der Waals surface area contributed by atoms with Gasteiger partial charge in [0.05, 0.1) is 0 Å². The minimum atomic E-state index is -0.420. The number of pyridine rings is 1. The molecule has 0 aliphatic carbocycles. The zero-order valence-electron chi connectivity index (χ0n) is 19.1. The number of para-hydroxylation sites is 1. The third-order valence-electron chi connectivity index (χ3n) is 5.74. The number of benzene rings is 2. The Kier molecular flexibility index (Phi) is 8.13. The van der Waals surface area contributed by atoms with Crippen molar-refractivity contribution in [1.29, 1.82) is 0 Å². The molecule has 7 nitrogen and oxygen atoms in total. The van der Waals surface area contributed by atoms with Crippen LogP contribution in [-0.2, 0) is 11.2 Å². The lowest BCUT2D eigenvalue weighted by Crippen LogP contribution is -2.41. The summed E-state index contributed by atoms with van der Waals surface area (Å²) in [5.41, 5.74) is 4.96. The molecule has 1 atom stereocenters. The van der Waals surface area contributed by atoms with Crippen LogP contribution < -0.4 is 16.0 Å². The van der Waals surface area contributed by atoms with Crippen LogP contribution in [0, 0.1) is 0 Å². The number of carbonyl (C=O) groups excluding carboxylic acids is 1. The third kappa shape index (κ3) is 6.36. The number of hydrogen-bond acceptors (Lipinski definition) is 5. The molecule has 4 aromatic rings. The lowest BCUT2D eigenvalue weighted by molar-refractivity contribution is -0.121. The molecule has 0 fully saturated rings. The number of H-pyrrole nitrogens is 1. The SMILES string of the molecule is O=C(NCCCCCO)C(Cc1c[nH]c2ccccc12)Nc1ccc(Nc2ccncc2)cc1. The Morgan fingerprint density at radius 1 is 0.912 bits per heavy atom. The zero-order chi connectivity index (χ0) is 23.6. The first-order valence-corrected chi connectivity index (χ1v) is 11.7. The third-order valence-corrected chi connectivity index (χ3v) is 5.74. The summed E-state index contributed by atoms with van der Waals surface area (Å²) >= 11 is 0. The molecule has 0 bridgehead atoms. The van der Waals surface area contributed by atoms with Gasteiger partial charge in [0.2, 0.25) is 5.91 Å². The topological polar surface area (TPSA) is 102 Å². The van der Waals surface area contributed by atoms with Gasteiger partial charge in [-0.15, -0.1) is 0 Å². The maximum Gasteiger partial charge on any atom is 0.242 e. The summed E-state index contributed by atoms with van der Waals surface area (Å²) in [4.78, 5) is 20.4. The molecule has 4 rings (SSSR count). The number of hydrogen-bond donors (Lipinski definition) is 5. The minimum absolute atomic E-state index is 0.0340. The van der Waals surface area contributed by atoms with E-state index in [0.29, 0.717) is 13.0 Å². The number of anilines is 3. The van der Waals surface area contributed by atoms with Gasteiger partial charge >= 0.3 is 0 Å². The first-order valence-electron chi connectivity index (χ1n) is 11.7. The van der Waals surface area contributed by atoms with Crippen LogP contribution in [0.4, 0.5) is 17.1 Å². The van der Waals surface area contributed by atoms with Gasteiger partial charge in [-0.25, -0.2) is 0 Å². The first-order chi connectivity index (χ1) is 16.7. The molecule has 1 amide bonds. The van der Waals surface area contributed by atoms with E-state index in [1.807, 2.05) is 60.8 Å². The van der Waals surface area contributed by atoms with Crippen molar-refractivity contribution >= 4 is 33.9 Å². The van der Waals surface area contributed by atoms with E-state index in [1.165, 1.54) is 0 Å². The first kappa shape index (κ1) is 23.3. The molecule has 1 unspecified atom stereocenters. The van der Waals surface area contributed by atoms with E-state index < -0.39 is 6.04 Å². The number of amides is 1. The van der Waals surface area contributed by atoms with Gasteiger partial charge in [-0.3, -0.25) is 9.78 Å². The molecule has 2 aromatic carbocycles. The highest BCUT2D eigenvalue weighted by atomic mass is 16.2. The number of aliphatic hydroxyl groups is 1. The number of nitrogens with one attached hydrogen (secondary N) is 4. The fourth-order valence-corrected chi connectivity index (χ4v) is 3.93. The average Bonchev–Trinajstić information content (AvgIpc) is 3.28. The van der Waals surface area contributed by atoms with Crippen molar-refractivity contribution in [2.45, 2.75) is 31.7 Å². The predicted octanol–water partition coefficient (Wildman–Crippen LogP) is 4.61. The number of aromatic nitrogens is 2. The molecule has 0 saturated carbocycles. The predicted molar refractivity (Wildman–Crippen MR) is 137 cm³/mol. The van der Waals surface area contributed by atoms with Crippen molar-refractivity contribution in [3.63, 3.8) is 0 Å². The van der Waals surface area contributed by atoms with Crippen LogP contribution in [0.3, 0.4) is 0 Å². The van der Waals surface area contributed by atoms with E-state index in [0.717, 1.165) is 52.8 Å². The lowest BCUT2D eigenvalue weighted by atomic mass is 10.0. The van der Waals surface area contributed by atoms with Gasteiger partial charge in [0.25, 0.3) is 0 Å². The molecule has 2 heterocycles. The number of carbonyl (C=O) groups is 1. The highest BCUT2D eigenvalue weighted by molar-refractivity contribution is 5.88. The maximum atomic E-state index is 13.1. The molecular weight excluding hydrogens is 426 g/mol. The van der Waals surface area contributed by atoms with Crippen molar-refractivity contribution in [2.75, 3.05) is 23.8 Å². The van der Waals surface area contributed by atoms with Gasteiger partial charge in [0, 0.05) is 66.1 Å². The number of nitrogens with zero attached hydrogens (tertiary/aromatic N) is 1. The second kappa shape index (κ2) is 11.9. The smallest absolute Gasteiger partial charge is 0.242 e. The molecule has 34 heavy (non-hydrogen) atoms. The van der Waals surface area contributed by atoms with Gasteiger partial charge in [0.15, 0.2) is 0 Å². The molecular formula is C27H31N5O2. The second-order valence-corrected chi connectivity index (χ2v) is 8.27. The summed E-state index contributed by atoms with van der Waals surface area (Å²) in [7, 11) is 0. The summed E-state index contributed by atoms with van der Waals surface area (Å²) in [5.74, 6) is -0.0340. The number of unbranched alkanes of at least 4 members (excludes halogenated alkanes) is 2. The molecule has 0 radical (unpaired) electrons. The van der Waals surface area contributed by atoms with Crippen molar-refractivity contribution in [3.8, 4) is 0 Å². The quantitative estimate of drug-likeness (QED) is 0.200. The summed E-state index contributed by atoms with van der Waals surface area (Å²) in [6, 6.07) is 19.4. The Morgan fingerprint density at radius 2 is 1.65 bits per heavy atom. The molecule has 0 aliphatic heterocycles. The van der Waals surface area contributed by atoms with Gasteiger partial charge < -0.3 is 26.0 Å². The van der Waals surface area contributed by atoms with Crippen molar-refractivity contribution < 1.29 is 9.90 Å². The normalized spacial score (nSPS) is 11.8. The van der Waals surface area contributed by atoms with Gasteiger partial charge in [0.1, 0.15) is 6.04 Å². The summed E-state index contributed by atoms with van der Waals surface area (Å²) in [6.07, 6.45) is 8.53. The number of aliphatic hydroxyl groups excluding tert-OH is 1. The summed E-state index contributed by atoms with van der Waals surface area (Å²) in [6.45, 7) is 0.782. The van der Waals surface area contributed by atoms with Gasteiger partial charge in [-0.2, -0.15) is 0 Å². The number of aromatic amines is 1. The van der Waals surface area contributed by atoms with Crippen LogP contribution in [0.5, 0.6) is 0 Å². The molecule has 176 valence electrons. The van der Waals surface area contributed by atoms with Crippen LogP contribution in [0.25, 0.3) is 10.9 Å². The van der Waals surface area contributed by atoms with Crippen molar-refractivity contribution in [1.82, 2.24) is 15.3 Å². The largest absolute Gasteiger partial charge is 0.396 e. The molecule has 5 N–H and O–H groups in total. The standard InChI is InChI=1S/C27H31N5O2/c33-17-5-1-4-14-29-27(34)26(18-20-19-30-25-7-3-2-6-24(20)25)32-22-10-8-21(9-11-22)31-23-12-15-28-16-13-23/h2-3,6-13,15-16,19,26,30,32-33H,1,4-5,14,17-18H2,(H,28,31)(H,29,34). The summed E-state index contributed by atoms with van der Waals surface area (Å²) < 4.78 is 0. The lowest BCUT2D eigenvalue weighted by Gasteiger charge is -2.20. The fourth-order valence-electron chi connectivity index (χ4n) is 3.93. The van der Waals surface area contributed by atoms with Crippen LogP contribution in [0.15, 0.2) is 79.3 Å². The maximum absolute atomic E-state index is 13.1. The molecule has 7 heteroatoms. The van der Waals surface area contributed by atoms with E-state index in [-0.39, 0.29) is 12.5 Å². The van der Waals surface area contributed by atoms with E-state index >= 15 is 0 Å². The van der Waals surface area contributed by atoms with Gasteiger partial charge in [-0.05, 0) is 67.3 Å². The van der Waals surface area contributed by atoms with E-state index in [4.69, 9.17) is 5.11 Å². The fraction of sp³-hybridized carbons (Fsp3) is 0.259. The Morgan fingerprint density at radius 3 is 2.44 bits per heavy atom. The number of fused-ring (bicyclic) bond motifs is 1. The van der Waals surface area contributed by atoms with Gasteiger partial charge in [-0.1, -0.05) is 18.2 Å².